The molecule has 2 aromatic rings. The van der Waals surface area contributed by atoms with Crippen LogP contribution in [0.5, 0.6) is 5.75 Å². The van der Waals surface area contributed by atoms with E-state index in [0.717, 1.165) is 22.7 Å². The van der Waals surface area contributed by atoms with Gasteiger partial charge < -0.3 is 19.1 Å². The van der Waals surface area contributed by atoms with Crippen LogP contribution >= 0.6 is 11.8 Å². The SMILES string of the molecule is CCOC(=O)C1=C(O)C(=Cc2cc(C)n(C)c2C)SC1=Nc1ccc(OCC)cc1. The van der Waals surface area contributed by atoms with Gasteiger partial charge in [0.25, 0.3) is 0 Å². The van der Waals surface area contributed by atoms with Crippen molar-refractivity contribution in [2.24, 2.45) is 12.0 Å². The van der Waals surface area contributed by atoms with Gasteiger partial charge in [-0.3, -0.25) is 0 Å². The van der Waals surface area contributed by atoms with Crippen LogP contribution in [0.25, 0.3) is 6.08 Å². The summed E-state index contributed by atoms with van der Waals surface area (Å²) in [6.45, 7) is 8.49. The molecule has 0 bridgehead atoms. The Labute approximate surface area is 180 Å². The van der Waals surface area contributed by atoms with Gasteiger partial charge in [-0.15, -0.1) is 0 Å². The number of aryl methyl sites for hydroxylation is 1. The fourth-order valence-corrected chi connectivity index (χ4v) is 4.09. The second-order valence-corrected chi connectivity index (χ2v) is 7.81. The first-order chi connectivity index (χ1) is 14.3. The summed E-state index contributed by atoms with van der Waals surface area (Å²) in [5.41, 5.74) is 3.91. The Morgan fingerprint density at radius 3 is 2.47 bits per heavy atom. The highest BCUT2D eigenvalue weighted by Gasteiger charge is 2.33. The molecule has 6 nitrogen and oxygen atoms in total. The molecule has 0 fully saturated rings. The topological polar surface area (TPSA) is 73.0 Å². The van der Waals surface area contributed by atoms with E-state index in [1.807, 2.05) is 64.2 Å². The molecule has 0 atom stereocenters. The Balaban J connectivity index is 2.01. The van der Waals surface area contributed by atoms with Crippen molar-refractivity contribution in [3.8, 4) is 5.75 Å². The van der Waals surface area contributed by atoms with Crippen molar-refractivity contribution in [2.45, 2.75) is 27.7 Å². The van der Waals surface area contributed by atoms with E-state index in [-0.39, 0.29) is 17.9 Å². The number of hydrogen-bond acceptors (Lipinski definition) is 6. The summed E-state index contributed by atoms with van der Waals surface area (Å²) in [7, 11) is 1.99. The van der Waals surface area contributed by atoms with Crippen LogP contribution in [-0.4, -0.2) is 33.9 Å². The molecule has 0 amide bonds. The number of carbonyl (C=O) groups is 1. The zero-order valence-electron chi connectivity index (χ0n) is 17.9. The van der Waals surface area contributed by atoms with Crippen molar-refractivity contribution >= 4 is 34.5 Å². The van der Waals surface area contributed by atoms with Gasteiger partial charge >= 0.3 is 5.97 Å². The van der Waals surface area contributed by atoms with Crippen LogP contribution in [0.3, 0.4) is 0 Å². The van der Waals surface area contributed by atoms with Crippen LogP contribution in [-0.2, 0) is 16.6 Å². The molecule has 1 aliphatic rings. The summed E-state index contributed by atoms with van der Waals surface area (Å²) in [4.78, 5) is 17.7. The smallest absolute Gasteiger partial charge is 0.344 e. The molecule has 1 aromatic heterocycles. The maximum absolute atomic E-state index is 12.5. The van der Waals surface area contributed by atoms with Gasteiger partial charge in [-0.25, -0.2) is 9.79 Å². The Morgan fingerprint density at radius 1 is 1.20 bits per heavy atom. The van der Waals surface area contributed by atoms with Crippen molar-refractivity contribution in [3.63, 3.8) is 0 Å². The number of aromatic nitrogens is 1. The summed E-state index contributed by atoms with van der Waals surface area (Å²) in [6, 6.07) is 9.31. The van der Waals surface area contributed by atoms with Crippen molar-refractivity contribution in [3.05, 3.63) is 63.5 Å². The monoisotopic (exact) mass is 426 g/mol. The average Bonchev–Trinajstić information content (AvgIpc) is 3.14. The fraction of sp³-hybridized carbons (Fsp3) is 0.304. The Kier molecular flexibility index (Phi) is 6.72. The molecule has 30 heavy (non-hydrogen) atoms. The van der Waals surface area contributed by atoms with E-state index in [2.05, 4.69) is 9.56 Å². The Bertz CT molecular complexity index is 1050. The second-order valence-electron chi connectivity index (χ2n) is 6.78. The number of thioether (sulfide) groups is 1. The molecule has 158 valence electrons. The standard InChI is InChI=1S/C23H26N2O4S/c1-6-28-18-10-8-17(9-11-18)24-22-20(23(27)29-7-2)21(26)19(30-22)13-16-12-14(3)25(5)15(16)4/h8-13,26H,6-7H2,1-5H3. The average molecular weight is 427 g/mol. The van der Waals surface area contributed by atoms with Crippen LogP contribution in [0.15, 0.2) is 51.6 Å². The van der Waals surface area contributed by atoms with Crippen molar-refractivity contribution in [2.75, 3.05) is 13.2 Å². The van der Waals surface area contributed by atoms with E-state index < -0.39 is 5.97 Å². The molecule has 3 rings (SSSR count). The van der Waals surface area contributed by atoms with E-state index in [0.29, 0.717) is 22.2 Å². The molecule has 1 aromatic carbocycles. The molecule has 0 spiro atoms. The molecule has 0 aliphatic carbocycles. The van der Waals surface area contributed by atoms with Crippen LogP contribution in [0.2, 0.25) is 0 Å². The van der Waals surface area contributed by atoms with E-state index in [9.17, 15) is 9.90 Å². The van der Waals surface area contributed by atoms with Gasteiger partial charge in [0.05, 0.1) is 23.8 Å². The number of ether oxygens (including phenoxy) is 2. The third kappa shape index (κ3) is 4.46. The van der Waals surface area contributed by atoms with Gasteiger partial charge in [0.2, 0.25) is 0 Å². The predicted molar refractivity (Wildman–Crippen MR) is 121 cm³/mol. The zero-order chi connectivity index (χ0) is 21.8. The molecule has 7 heteroatoms. The van der Waals surface area contributed by atoms with E-state index in [1.54, 1.807) is 6.92 Å². The molecule has 0 radical (unpaired) electrons. The number of benzene rings is 1. The summed E-state index contributed by atoms with van der Waals surface area (Å²) in [5.74, 6) is 0.0561. The minimum atomic E-state index is -0.587. The lowest BCUT2D eigenvalue weighted by atomic mass is 10.2. The van der Waals surface area contributed by atoms with Gasteiger partial charge in [0.15, 0.2) is 0 Å². The molecule has 0 unspecified atom stereocenters. The van der Waals surface area contributed by atoms with E-state index in [4.69, 9.17) is 9.47 Å². The largest absolute Gasteiger partial charge is 0.506 e. The summed E-state index contributed by atoms with van der Waals surface area (Å²) >= 11 is 1.25. The quantitative estimate of drug-likeness (QED) is 0.640. The number of aliphatic imine (C=N–C) groups is 1. The highest BCUT2D eigenvalue weighted by Crippen LogP contribution is 2.40. The van der Waals surface area contributed by atoms with Crippen LogP contribution in [0.4, 0.5) is 5.69 Å². The first-order valence-electron chi connectivity index (χ1n) is 9.80. The summed E-state index contributed by atoms with van der Waals surface area (Å²) < 4.78 is 12.7. The van der Waals surface area contributed by atoms with Crippen molar-refractivity contribution in [1.82, 2.24) is 4.57 Å². The first-order valence-corrected chi connectivity index (χ1v) is 10.6. The number of carbonyl (C=O) groups excluding carboxylic acids is 1. The highest BCUT2D eigenvalue weighted by molar-refractivity contribution is 8.18. The number of nitrogens with zero attached hydrogens (tertiary/aromatic N) is 2. The lowest BCUT2D eigenvalue weighted by molar-refractivity contribution is -0.138. The number of aliphatic hydroxyl groups is 1. The van der Waals surface area contributed by atoms with Gasteiger partial charge in [0, 0.05) is 18.4 Å². The number of hydrogen-bond donors (Lipinski definition) is 1. The van der Waals surface area contributed by atoms with Gasteiger partial charge in [-0.05, 0) is 69.7 Å². The fourth-order valence-electron chi connectivity index (χ4n) is 3.06. The van der Waals surface area contributed by atoms with Gasteiger partial charge in [-0.2, -0.15) is 0 Å². The third-order valence-corrected chi connectivity index (χ3v) is 5.87. The van der Waals surface area contributed by atoms with Crippen LogP contribution < -0.4 is 4.74 Å². The van der Waals surface area contributed by atoms with E-state index in [1.165, 1.54) is 11.8 Å². The third-order valence-electron chi connectivity index (χ3n) is 4.85. The molecular weight excluding hydrogens is 400 g/mol. The number of rotatable bonds is 6. The zero-order valence-corrected chi connectivity index (χ0v) is 18.7. The van der Waals surface area contributed by atoms with Gasteiger partial charge in [-0.1, -0.05) is 11.8 Å². The van der Waals surface area contributed by atoms with Crippen LogP contribution in [0, 0.1) is 13.8 Å². The molecule has 0 saturated heterocycles. The lowest BCUT2D eigenvalue weighted by Gasteiger charge is -2.05. The minimum Gasteiger partial charge on any atom is -0.506 e. The summed E-state index contributed by atoms with van der Waals surface area (Å²) in [5, 5.41) is 11.2. The minimum absolute atomic E-state index is 0.0901. The van der Waals surface area contributed by atoms with Crippen molar-refractivity contribution in [1.29, 1.82) is 0 Å². The Hall–Kier alpha value is -2.93. The predicted octanol–water partition coefficient (Wildman–Crippen LogP) is 5.23. The van der Waals surface area contributed by atoms with Gasteiger partial charge in [0.1, 0.15) is 22.1 Å². The first kappa shape index (κ1) is 21.8. The number of esters is 1. The normalized spacial score (nSPS) is 16.6. The molecule has 1 N–H and O–H groups in total. The van der Waals surface area contributed by atoms with Crippen LogP contribution in [0.1, 0.15) is 30.8 Å². The molecule has 2 heterocycles. The number of aliphatic hydroxyl groups excluding tert-OH is 1. The highest BCUT2D eigenvalue weighted by atomic mass is 32.2. The Morgan fingerprint density at radius 2 is 1.90 bits per heavy atom. The maximum atomic E-state index is 12.5. The molecule has 0 saturated carbocycles. The van der Waals surface area contributed by atoms with Crippen molar-refractivity contribution < 1.29 is 19.4 Å². The molecular formula is C23H26N2O4S. The van der Waals surface area contributed by atoms with E-state index >= 15 is 0 Å². The molecule has 1 aliphatic heterocycles. The summed E-state index contributed by atoms with van der Waals surface area (Å²) in [6.07, 6.45) is 1.88. The second kappa shape index (κ2) is 9.26. The maximum Gasteiger partial charge on any atom is 0.344 e. The lowest BCUT2D eigenvalue weighted by Crippen LogP contribution is -2.12.